The number of nitrogens with zero attached hydrogens (tertiary/aromatic N) is 1. The van der Waals surface area contributed by atoms with E-state index in [1.54, 1.807) is 11.8 Å². The van der Waals surface area contributed by atoms with Crippen LogP contribution in [0.15, 0.2) is 9.00 Å². The van der Waals surface area contributed by atoms with Gasteiger partial charge in [0.25, 0.3) is 5.56 Å². The SMILES string of the molecule is CCCCCCSc1s[nH]c(=O)c1C#N. The zero-order valence-electron chi connectivity index (χ0n) is 8.71. The molecule has 0 saturated carbocycles. The van der Waals surface area contributed by atoms with E-state index in [0.29, 0.717) is 0 Å². The largest absolute Gasteiger partial charge is 0.277 e. The summed E-state index contributed by atoms with van der Waals surface area (Å²) < 4.78 is 3.42. The van der Waals surface area contributed by atoms with Crippen molar-refractivity contribution in [2.75, 3.05) is 5.75 Å². The van der Waals surface area contributed by atoms with Gasteiger partial charge in [0.15, 0.2) is 0 Å². The van der Waals surface area contributed by atoms with Crippen LogP contribution < -0.4 is 5.56 Å². The van der Waals surface area contributed by atoms with E-state index in [9.17, 15) is 4.79 Å². The Labute approximate surface area is 97.7 Å². The number of hydrogen-bond donors (Lipinski definition) is 1. The molecule has 0 aliphatic rings. The van der Waals surface area contributed by atoms with Crippen LogP contribution in [0.1, 0.15) is 38.2 Å². The molecule has 0 amide bonds. The fourth-order valence-electron chi connectivity index (χ4n) is 1.18. The van der Waals surface area contributed by atoms with Crippen LogP contribution in [-0.2, 0) is 0 Å². The van der Waals surface area contributed by atoms with Crippen molar-refractivity contribution >= 4 is 23.3 Å². The first kappa shape index (κ1) is 12.3. The second kappa shape index (κ2) is 6.70. The third-order valence-corrected chi connectivity index (χ3v) is 4.25. The minimum atomic E-state index is -0.251. The average Bonchev–Trinajstić information content (AvgIpc) is 2.59. The van der Waals surface area contributed by atoms with Crippen LogP contribution in [0.4, 0.5) is 0 Å². The predicted molar refractivity (Wildman–Crippen MR) is 64.5 cm³/mol. The normalized spacial score (nSPS) is 10.1. The summed E-state index contributed by atoms with van der Waals surface area (Å²) in [7, 11) is 0. The summed E-state index contributed by atoms with van der Waals surface area (Å²) >= 11 is 2.88. The predicted octanol–water partition coefficient (Wildman–Crippen LogP) is 2.98. The highest BCUT2D eigenvalue weighted by molar-refractivity contribution is 8.01. The first-order valence-corrected chi connectivity index (χ1v) is 6.84. The van der Waals surface area contributed by atoms with E-state index in [2.05, 4.69) is 11.3 Å². The van der Waals surface area contributed by atoms with Crippen molar-refractivity contribution in [3.63, 3.8) is 0 Å². The molecule has 0 aliphatic carbocycles. The van der Waals surface area contributed by atoms with Gasteiger partial charge in [-0.1, -0.05) is 37.7 Å². The molecule has 3 nitrogen and oxygen atoms in total. The minimum absolute atomic E-state index is 0.251. The average molecular weight is 242 g/mol. The number of rotatable bonds is 6. The quantitative estimate of drug-likeness (QED) is 0.616. The van der Waals surface area contributed by atoms with Crippen molar-refractivity contribution in [1.29, 1.82) is 5.26 Å². The fraction of sp³-hybridized carbons (Fsp3) is 0.600. The first-order chi connectivity index (χ1) is 7.29. The van der Waals surface area contributed by atoms with Crippen LogP contribution in [0.5, 0.6) is 0 Å². The van der Waals surface area contributed by atoms with E-state index in [-0.39, 0.29) is 11.1 Å². The Hall–Kier alpha value is -0.730. The Kier molecular flexibility index (Phi) is 5.51. The van der Waals surface area contributed by atoms with Crippen molar-refractivity contribution in [1.82, 2.24) is 4.37 Å². The lowest BCUT2D eigenvalue weighted by Crippen LogP contribution is -2.01. The maximum absolute atomic E-state index is 11.1. The van der Waals surface area contributed by atoms with Gasteiger partial charge in [0.2, 0.25) is 0 Å². The molecule has 1 aromatic rings. The Morgan fingerprint density at radius 3 is 2.93 bits per heavy atom. The molecular formula is C10H14N2OS2. The van der Waals surface area contributed by atoms with E-state index in [0.717, 1.165) is 16.4 Å². The highest BCUT2D eigenvalue weighted by Crippen LogP contribution is 2.24. The van der Waals surface area contributed by atoms with Gasteiger partial charge in [0, 0.05) is 0 Å². The van der Waals surface area contributed by atoms with Crippen LogP contribution in [0.25, 0.3) is 0 Å². The summed E-state index contributed by atoms with van der Waals surface area (Å²) in [5.74, 6) is 0.989. The molecule has 0 unspecified atom stereocenters. The molecule has 0 spiro atoms. The Balaban J connectivity index is 2.38. The summed E-state index contributed by atoms with van der Waals surface area (Å²) in [4.78, 5) is 11.1. The topological polar surface area (TPSA) is 56.6 Å². The van der Waals surface area contributed by atoms with E-state index >= 15 is 0 Å². The number of nitriles is 1. The van der Waals surface area contributed by atoms with Gasteiger partial charge in [-0.15, -0.1) is 11.8 Å². The van der Waals surface area contributed by atoms with Gasteiger partial charge >= 0.3 is 0 Å². The number of nitrogens with one attached hydrogen (secondary N) is 1. The van der Waals surface area contributed by atoms with Crippen molar-refractivity contribution < 1.29 is 0 Å². The molecule has 15 heavy (non-hydrogen) atoms. The lowest BCUT2D eigenvalue weighted by molar-refractivity contribution is 0.706. The van der Waals surface area contributed by atoms with Gasteiger partial charge < -0.3 is 0 Å². The first-order valence-electron chi connectivity index (χ1n) is 5.04. The zero-order chi connectivity index (χ0) is 11.1. The number of thioether (sulfide) groups is 1. The van der Waals surface area contributed by atoms with Gasteiger partial charge in [-0.3, -0.25) is 9.17 Å². The molecule has 0 saturated heterocycles. The minimum Gasteiger partial charge on any atom is -0.276 e. The molecule has 0 atom stereocenters. The van der Waals surface area contributed by atoms with Crippen molar-refractivity contribution in [3.8, 4) is 6.07 Å². The highest BCUT2D eigenvalue weighted by atomic mass is 32.2. The van der Waals surface area contributed by atoms with Gasteiger partial charge in [0.05, 0.1) is 0 Å². The summed E-state index contributed by atoms with van der Waals surface area (Å²) in [6.45, 7) is 2.18. The molecule has 0 fully saturated rings. The molecule has 0 aliphatic heterocycles. The third-order valence-electron chi connectivity index (χ3n) is 2.01. The van der Waals surface area contributed by atoms with Gasteiger partial charge in [-0.2, -0.15) is 5.26 Å². The summed E-state index contributed by atoms with van der Waals surface area (Å²) in [5, 5.41) is 8.75. The van der Waals surface area contributed by atoms with Crippen LogP contribution in [0.2, 0.25) is 0 Å². The number of aromatic amines is 1. The van der Waals surface area contributed by atoms with Crippen molar-refractivity contribution in [3.05, 3.63) is 15.9 Å². The molecule has 1 rings (SSSR count). The maximum Gasteiger partial charge on any atom is 0.277 e. The van der Waals surface area contributed by atoms with Gasteiger partial charge in [-0.25, -0.2) is 0 Å². The third kappa shape index (κ3) is 3.73. The Bertz CT molecular complexity index is 389. The summed E-state index contributed by atoms with van der Waals surface area (Å²) in [6, 6.07) is 1.94. The van der Waals surface area contributed by atoms with Gasteiger partial charge in [0.1, 0.15) is 15.8 Å². The lowest BCUT2D eigenvalue weighted by atomic mass is 10.2. The smallest absolute Gasteiger partial charge is 0.276 e. The van der Waals surface area contributed by atoms with E-state index in [1.165, 1.54) is 30.8 Å². The molecule has 0 aromatic carbocycles. The van der Waals surface area contributed by atoms with E-state index in [1.807, 2.05) is 6.07 Å². The second-order valence-corrected chi connectivity index (χ2v) is 5.40. The highest BCUT2D eigenvalue weighted by Gasteiger charge is 2.09. The van der Waals surface area contributed by atoms with Crippen LogP contribution >= 0.6 is 23.3 Å². The van der Waals surface area contributed by atoms with E-state index in [4.69, 9.17) is 5.26 Å². The number of H-pyrrole nitrogens is 1. The van der Waals surface area contributed by atoms with Crippen LogP contribution in [0, 0.1) is 11.3 Å². The molecule has 82 valence electrons. The van der Waals surface area contributed by atoms with Crippen molar-refractivity contribution in [2.45, 2.75) is 36.8 Å². The summed E-state index contributed by atoms with van der Waals surface area (Å²) in [6.07, 6.45) is 4.86. The van der Waals surface area contributed by atoms with Crippen molar-refractivity contribution in [2.24, 2.45) is 0 Å². The molecule has 1 heterocycles. The number of unbranched alkanes of at least 4 members (excludes halogenated alkanes) is 3. The van der Waals surface area contributed by atoms with Crippen LogP contribution in [-0.4, -0.2) is 10.1 Å². The molecule has 5 heteroatoms. The molecular weight excluding hydrogens is 228 g/mol. The Morgan fingerprint density at radius 2 is 2.27 bits per heavy atom. The zero-order valence-corrected chi connectivity index (χ0v) is 10.3. The van der Waals surface area contributed by atoms with E-state index < -0.39 is 0 Å². The molecule has 1 N–H and O–H groups in total. The maximum atomic E-state index is 11.1. The lowest BCUT2D eigenvalue weighted by Gasteiger charge is -1.97. The summed E-state index contributed by atoms with van der Waals surface area (Å²) in [5.41, 5.74) is 0.0269. The van der Waals surface area contributed by atoms with Crippen LogP contribution in [0.3, 0.4) is 0 Å². The number of hydrogen-bond acceptors (Lipinski definition) is 4. The second-order valence-electron chi connectivity index (χ2n) is 3.22. The van der Waals surface area contributed by atoms with Gasteiger partial charge in [-0.05, 0) is 12.2 Å². The number of aromatic nitrogens is 1. The monoisotopic (exact) mass is 242 g/mol. The Morgan fingerprint density at radius 1 is 1.47 bits per heavy atom. The molecule has 1 aromatic heterocycles. The molecule has 0 radical (unpaired) electrons. The standard InChI is InChI=1S/C10H14N2OS2/c1-2-3-4-5-6-14-10-8(7-11)9(13)12-15-10/h2-6H2,1H3,(H,12,13). The molecule has 0 bridgehead atoms. The fourth-order valence-corrected chi connectivity index (χ4v) is 3.13.